The van der Waals surface area contributed by atoms with Crippen LogP contribution in [0.1, 0.15) is 57.6 Å². The van der Waals surface area contributed by atoms with E-state index in [0.717, 1.165) is 19.1 Å². The van der Waals surface area contributed by atoms with Gasteiger partial charge in [0.15, 0.2) is 0 Å². The van der Waals surface area contributed by atoms with Crippen LogP contribution in [0.5, 0.6) is 0 Å². The molecular weight excluding hydrogens is 220 g/mol. The lowest BCUT2D eigenvalue weighted by molar-refractivity contribution is -0.108. The summed E-state index contributed by atoms with van der Waals surface area (Å²) < 4.78 is 0. The number of benzene rings is 1. The smallest absolute Gasteiger partial charge is 0.120 e. The number of hydrogen-bond acceptors (Lipinski definition) is 1. The fourth-order valence-electron chi connectivity index (χ4n) is 1.59. The van der Waals surface area contributed by atoms with Crippen LogP contribution >= 0.6 is 0 Å². The number of hydrogen-bond donors (Lipinski definition) is 0. The molecule has 1 nitrogen and oxygen atoms in total. The topological polar surface area (TPSA) is 17.1 Å². The summed E-state index contributed by atoms with van der Waals surface area (Å²) in [6.07, 6.45) is 6.45. The quantitative estimate of drug-likeness (QED) is 0.650. The first kappa shape index (κ1) is 16.9. The zero-order valence-corrected chi connectivity index (χ0v) is 12.4. The van der Waals surface area contributed by atoms with Gasteiger partial charge in [-0.15, -0.1) is 0 Å². The van der Waals surface area contributed by atoms with Gasteiger partial charge in [0.2, 0.25) is 0 Å². The highest BCUT2D eigenvalue weighted by molar-refractivity contribution is 5.49. The number of aldehydes is 1. The Kier molecular flexibility index (Phi) is 10.3. The van der Waals surface area contributed by atoms with Crippen molar-refractivity contribution < 1.29 is 4.79 Å². The fraction of sp³-hybridized carbons (Fsp3) is 0.588. The van der Waals surface area contributed by atoms with Crippen molar-refractivity contribution in [3.63, 3.8) is 0 Å². The fourth-order valence-corrected chi connectivity index (χ4v) is 1.59. The maximum absolute atomic E-state index is 10.4. The third kappa shape index (κ3) is 8.05. The van der Waals surface area contributed by atoms with Crippen molar-refractivity contribution in [1.82, 2.24) is 0 Å². The summed E-state index contributed by atoms with van der Waals surface area (Å²) in [6.45, 7) is 8.59. The molecule has 0 fully saturated rings. The van der Waals surface area contributed by atoms with Gasteiger partial charge in [-0.3, -0.25) is 0 Å². The molecule has 1 atom stereocenters. The van der Waals surface area contributed by atoms with Crippen LogP contribution in [0, 0.1) is 12.8 Å². The van der Waals surface area contributed by atoms with Crippen LogP contribution in [0.2, 0.25) is 0 Å². The summed E-state index contributed by atoms with van der Waals surface area (Å²) >= 11 is 0. The van der Waals surface area contributed by atoms with Gasteiger partial charge < -0.3 is 4.79 Å². The van der Waals surface area contributed by atoms with Crippen molar-refractivity contribution in [3.8, 4) is 0 Å². The normalized spacial score (nSPS) is 11.3. The molecule has 0 N–H and O–H groups in total. The molecule has 0 saturated carbocycles. The number of carbonyl (C=O) groups excluding carboxylic acids is 1. The third-order valence-electron chi connectivity index (χ3n) is 3.15. The maximum Gasteiger partial charge on any atom is 0.120 e. The Hall–Kier alpha value is -1.11. The van der Waals surface area contributed by atoms with Crippen molar-refractivity contribution in [2.45, 2.75) is 59.8 Å². The summed E-state index contributed by atoms with van der Waals surface area (Å²) in [5, 5.41) is 0. The second kappa shape index (κ2) is 11.0. The Bertz CT molecular complexity index is 298. The van der Waals surface area contributed by atoms with Gasteiger partial charge in [-0.25, -0.2) is 0 Å². The molecule has 1 heteroatoms. The van der Waals surface area contributed by atoms with Crippen LogP contribution in [0.3, 0.4) is 0 Å². The minimum Gasteiger partial charge on any atom is -0.303 e. The van der Waals surface area contributed by atoms with E-state index in [2.05, 4.69) is 52.0 Å². The van der Waals surface area contributed by atoms with Crippen LogP contribution < -0.4 is 0 Å². The summed E-state index contributed by atoms with van der Waals surface area (Å²) in [5.74, 6) is 0.509. The Morgan fingerprint density at radius 3 is 2.00 bits per heavy atom. The van der Waals surface area contributed by atoms with E-state index < -0.39 is 0 Å². The van der Waals surface area contributed by atoms with Gasteiger partial charge in [0.1, 0.15) is 6.29 Å². The summed E-state index contributed by atoms with van der Waals surface area (Å²) in [6, 6.07) is 8.57. The predicted molar refractivity (Wildman–Crippen MR) is 79.9 cm³/mol. The van der Waals surface area contributed by atoms with E-state index in [1.165, 1.54) is 24.0 Å². The van der Waals surface area contributed by atoms with Crippen LogP contribution in [0.4, 0.5) is 0 Å². The molecule has 0 aliphatic carbocycles. The van der Waals surface area contributed by atoms with Gasteiger partial charge >= 0.3 is 0 Å². The minimum absolute atomic E-state index is 0.509. The molecule has 102 valence electrons. The standard InChI is InChI=1S/C13H18O.C4H10/c1-3-12(8-9-14)10-13-6-4-11(2)5-7-13;1-3-4-2/h4-7,9,12H,3,8,10H2,1-2H3;3-4H2,1-2H3. The van der Waals surface area contributed by atoms with Gasteiger partial charge in [0.25, 0.3) is 0 Å². The first-order valence-electron chi connectivity index (χ1n) is 7.16. The van der Waals surface area contributed by atoms with Crippen molar-refractivity contribution in [2.75, 3.05) is 0 Å². The zero-order valence-electron chi connectivity index (χ0n) is 12.4. The van der Waals surface area contributed by atoms with Gasteiger partial charge in [-0.05, 0) is 24.8 Å². The second-order valence-electron chi connectivity index (χ2n) is 4.87. The van der Waals surface area contributed by atoms with E-state index in [9.17, 15) is 4.79 Å². The summed E-state index contributed by atoms with van der Waals surface area (Å²) in [7, 11) is 0. The van der Waals surface area contributed by atoms with Gasteiger partial charge in [0.05, 0.1) is 0 Å². The van der Waals surface area contributed by atoms with E-state index in [4.69, 9.17) is 0 Å². The molecule has 1 unspecified atom stereocenters. The molecule has 0 amide bonds. The lowest BCUT2D eigenvalue weighted by Gasteiger charge is -2.11. The molecule has 0 aliphatic rings. The Morgan fingerprint density at radius 2 is 1.61 bits per heavy atom. The Morgan fingerprint density at radius 1 is 1.06 bits per heavy atom. The van der Waals surface area contributed by atoms with Gasteiger partial charge in [0, 0.05) is 6.42 Å². The molecule has 1 rings (SSSR count). The predicted octanol–water partition coefficient (Wildman–Crippen LogP) is 4.96. The highest BCUT2D eigenvalue weighted by Crippen LogP contribution is 2.15. The first-order chi connectivity index (χ1) is 8.67. The number of carbonyl (C=O) groups is 1. The van der Waals surface area contributed by atoms with E-state index in [1.54, 1.807) is 0 Å². The molecule has 0 aliphatic heterocycles. The van der Waals surface area contributed by atoms with Crippen molar-refractivity contribution in [2.24, 2.45) is 5.92 Å². The van der Waals surface area contributed by atoms with Crippen LogP contribution in [-0.4, -0.2) is 6.29 Å². The van der Waals surface area contributed by atoms with E-state index in [1.807, 2.05) is 0 Å². The lowest BCUT2D eigenvalue weighted by atomic mass is 9.94. The summed E-state index contributed by atoms with van der Waals surface area (Å²) in [4.78, 5) is 10.4. The highest BCUT2D eigenvalue weighted by atomic mass is 16.1. The number of aryl methyl sites for hydroxylation is 1. The van der Waals surface area contributed by atoms with Crippen LogP contribution in [0.25, 0.3) is 0 Å². The lowest BCUT2D eigenvalue weighted by Crippen LogP contribution is -2.03. The largest absolute Gasteiger partial charge is 0.303 e. The van der Waals surface area contributed by atoms with Crippen molar-refractivity contribution >= 4 is 6.29 Å². The van der Waals surface area contributed by atoms with Crippen molar-refractivity contribution in [3.05, 3.63) is 35.4 Å². The molecule has 0 radical (unpaired) electrons. The third-order valence-corrected chi connectivity index (χ3v) is 3.15. The van der Waals surface area contributed by atoms with Crippen molar-refractivity contribution in [1.29, 1.82) is 0 Å². The van der Waals surface area contributed by atoms with Crippen LogP contribution in [-0.2, 0) is 11.2 Å². The van der Waals surface area contributed by atoms with E-state index in [0.29, 0.717) is 12.3 Å². The molecule has 1 aromatic rings. The monoisotopic (exact) mass is 248 g/mol. The number of rotatable bonds is 6. The molecule has 0 heterocycles. The van der Waals surface area contributed by atoms with E-state index >= 15 is 0 Å². The molecule has 0 spiro atoms. The van der Waals surface area contributed by atoms with Gasteiger partial charge in [-0.1, -0.05) is 69.9 Å². The molecule has 0 bridgehead atoms. The first-order valence-corrected chi connectivity index (χ1v) is 7.16. The number of unbranched alkanes of at least 4 members (excludes halogenated alkanes) is 1. The molecular formula is C17H28O. The Balaban J connectivity index is 0.000000631. The van der Waals surface area contributed by atoms with Gasteiger partial charge in [-0.2, -0.15) is 0 Å². The molecule has 1 aromatic carbocycles. The van der Waals surface area contributed by atoms with E-state index in [-0.39, 0.29) is 0 Å². The minimum atomic E-state index is 0.509. The maximum atomic E-state index is 10.4. The molecule has 0 aromatic heterocycles. The highest BCUT2D eigenvalue weighted by Gasteiger charge is 2.06. The van der Waals surface area contributed by atoms with Crippen LogP contribution in [0.15, 0.2) is 24.3 Å². The molecule has 18 heavy (non-hydrogen) atoms. The summed E-state index contributed by atoms with van der Waals surface area (Å²) in [5.41, 5.74) is 2.63. The second-order valence-corrected chi connectivity index (χ2v) is 4.87. The average molecular weight is 248 g/mol. The SMILES string of the molecule is CCC(CC=O)Cc1ccc(C)cc1.CCCC. The zero-order chi connectivity index (χ0) is 13.8. The molecule has 0 saturated heterocycles. The Labute approximate surface area is 113 Å². The average Bonchev–Trinajstić information content (AvgIpc) is 2.41.